The number of rotatable bonds is 6. The Bertz CT molecular complexity index is 1900. The van der Waals surface area contributed by atoms with Crippen LogP contribution in [0.1, 0.15) is 31.0 Å². The highest BCUT2D eigenvalue weighted by atomic mass is 35.5. The molecule has 0 saturated heterocycles. The van der Waals surface area contributed by atoms with Crippen LogP contribution in [0.4, 0.5) is 5.69 Å². The molecule has 0 radical (unpaired) electrons. The summed E-state index contributed by atoms with van der Waals surface area (Å²) in [7, 11) is 1.86. The van der Waals surface area contributed by atoms with Crippen molar-refractivity contribution in [3.8, 4) is 17.1 Å². The predicted molar refractivity (Wildman–Crippen MR) is 155 cm³/mol. The number of anilines is 1. The molecule has 0 spiro atoms. The maximum Gasteiger partial charge on any atom is 0.260 e. The van der Waals surface area contributed by atoms with Gasteiger partial charge in [-0.25, -0.2) is 9.97 Å². The first-order valence-electron chi connectivity index (χ1n) is 12.7. The number of aryl methyl sites for hydroxylation is 3. The Labute approximate surface area is 229 Å². The van der Waals surface area contributed by atoms with Crippen molar-refractivity contribution >= 4 is 39.1 Å². The van der Waals surface area contributed by atoms with Crippen molar-refractivity contribution in [2.24, 2.45) is 7.05 Å². The first-order chi connectivity index (χ1) is 18.9. The lowest BCUT2D eigenvalue weighted by molar-refractivity contribution is 0.726. The van der Waals surface area contributed by atoms with Gasteiger partial charge in [0.05, 0.1) is 23.8 Å². The minimum atomic E-state index is -0.177. The van der Waals surface area contributed by atoms with E-state index in [0.29, 0.717) is 28.6 Å². The quantitative estimate of drug-likeness (QED) is 0.274. The normalized spacial score (nSPS) is 12.3. The van der Waals surface area contributed by atoms with Crippen LogP contribution in [-0.4, -0.2) is 34.1 Å². The third kappa shape index (κ3) is 4.24. The van der Waals surface area contributed by atoms with Gasteiger partial charge in [0.15, 0.2) is 5.82 Å². The zero-order valence-electron chi connectivity index (χ0n) is 22.1. The molecule has 1 unspecified atom stereocenters. The third-order valence-electron chi connectivity index (χ3n) is 6.92. The molecule has 0 saturated carbocycles. The van der Waals surface area contributed by atoms with E-state index in [9.17, 15) is 4.79 Å². The Kier molecular flexibility index (Phi) is 6.15. The number of fused-ring (bicyclic) bond motifs is 3. The molecule has 10 heteroatoms. The molecule has 6 aromatic rings. The minimum absolute atomic E-state index is 0.0564. The number of nitrogens with zero attached hydrogens (tertiary/aromatic N) is 7. The van der Waals surface area contributed by atoms with Crippen molar-refractivity contribution in [1.82, 2.24) is 34.1 Å². The second-order valence-electron chi connectivity index (χ2n) is 9.61. The minimum Gasteiger partial charge on any atom is -0.377 e. The second kappa shape index (κ2) is 9.67. The summed E-state index contributed by atoms with van der Waals surface area (Å²) in [5, 5.41) is 15.4. The van der Waals surface area contributed by atoms with Crippen molar-refractivity contribution in [3.63, 3.8) is 0 Å². The fourth-order valence-electron chi connectivity index (χ4n) is 5.21. The molecule has 6 rings (SSSR count). The van der Waals surface area contributed by atoms with Gasteiger partial charge in [0.2, 0.25) is 0 Å². The molecule has 1 atom stereocenters. The van der Waals surface area contributed by atoms with E-state index in [1.165, 1.54) is 0 Å². The lowest BCUT2D eigenvalue weighted by Gasteiger charge is -2.21. The van der Waals surface area contributed by atoms with Crippen LogP contribution in [0.2, 0.25) is 5.15 Å². The van der Waals surface area contributed by atoms with Crippen LogP contribution < -0.4 is 10.9 Å². The lowest BCUT2D eigenvalue weighted by Crippen LogP contribution is -2.23. The molecule has 5 heterocycles. The van der Waals surface area contributed by atoms with E-state index in [1.807, 2.05) is 63.6 Å². The van der Waals surface area contributed by atoms with Gasteiger partial charge in [-0.15, -0.1) is 0 Å². The van der Waals surface area contributed by atoms with Gasteiger partial charge in [-0.2, -0.15) is 14.9 Å². The smallest absolute Gasteiger partial charge is 0.260 e. The summed E-state index contributed by atoms with van der Waals surface area (Å²) in [5.74, 6) is 0.654. The number of halogens is 1. The molecule has 0 aliphatic rings. The molecule has 196 valence electrons. The zero-order chi connectivity index (χ0) is 27.3. The molecule has 0 aliphatic carbocycles. The fourth-order valence-corrected chi connectivity index (χ4v) is 5.36. The average Bonchev–Trinajstić information content (AvgIpc) is 3.57. The van der Waals surface area contributed by atoms with E-state index in [1.54, 1.807) is 32.4 Å². The first kappa shape index (κ1) is 24.8. The van der Waals surface area contributed by atoms with Gasteiger partial charge in [0.1, 0.15) is 10.8 Å². The van der Waals surface area contributed by atoms with Gasteiger partial charge in [-0.3, -0.25) is 14.0 Å². The Balaban J connectivity index is 1.56. The van der Waals surface area contributed by atoms with E-state index < -0.39 is 0 Å². The third-order valence-corrected chi connectivity index (χ3v) is 7.13. The maximum atomic E-state index is 13.9. The molecule has 1 N–H and O–H groups in total. The molecule has 0 bridgehead atoms. The van der Waals surface area contributed by atoms with Crippen molar-refractivity contribution < 1.29 is 0 Å². The first-order valence-corrected chi connectivity index (χ1v) is 13.1. The molecule has 1 aromatic carbocycles. The number of hydrogen-bond donors (Lipinski definition) is 1. The number of benzene rings is 1. The summed E-state index contributed by atoms with van der Waals surface area (Å²) >= 11 is 6.27. The van der Waals surface area contributed by atoms with Crippen LogP contribution in [0, 0.1) is 6.92 Å². The highest BCUT2D eigenvalue weighted by Gasteiger charge is 2.22. The van der Waals surface area contributed by atoms with E-state index in [0.717, 1.165) is 38.8 Å². The summed E-state index contributed by atoms with van der Waals surface area (Å²) < 4.78 is 5.24. The van der Waals surface area contributed by atoms with Gasteiger partial charge in [-0.1, -0.05) is 23.7 Å². The molecule has 0 aliphatic heterocycles. The fraction of sp³-hybridized carbons (Fsp3) is 0.207. The van der Waals surface area contributed by atoms with Crippen molar-refractivity contribution in [2.75, 3.05) is 5.32 Å². The van der Waals surface area contributed by atoms with Crippen LogP contribution in [0.15, 0.2) is 72.0 Å². The van der Waals surface area contributed by atoms with Crippen LogP contribution in [0.5, 0.6) is 0 Å². The summed E-state index contributed by atoms with van der Waals surface area (Å²) in [4.78, 5) is 22.9. The standard InChI is InChI=1S/C29H27ClN8O/c1-5-37-28-22(15-33-38(28)25-8-6-7-11-31-25)26-20(12-17(2)13-21(26)29(37)39)18(3)34-23-9-10-24(30)35-27(23)19-14-32-36(4)16-19/h6-16,18,34H,5H2,1-4H3. The van der Waals surface area contributed by atoms with Gasteiger partial charge in [0, 0.05) is 53.8 Å². The van der Waals surface area contributed by atoms with Gasteiger partial charge in [0.25, 0.3) is 5.56 Å². The molecule has 39 heavy (non-hydrogen) atoms. The molecule has 9 nitrogen and oxygen atoms in total. The molecule has 0 fully saturated rings. The Morgan fingerprint density at radius 1 is 1.08 bits per heavy atom. The number of hydrogen-bond acceptors (Lipinski definition) is 6. The van der Waals surface area contributed by atoms with E-state index >= 15 is 0 Å². The highest BCUT2D eigenvalue weighted by molar-refractivity contribution is 6.29. The summed E-state index contributed by atoms with van der Waals surface area (Å²) in [6.45, 7) is 6.57. The van der Waals surface area contributed by atoms with Gasteiger partial charge in [-0.05, 0) is 62.2 Å². The van der Waals surface area contributed by atoms with Crippen LogP contribution in [0.25, 0.3) is 38.9 Å². The number of nitrogens with one attached hydrogen (secondary N) is 1. The molecular weight excluding hydrogens is 512 g/mol. The van der Waals surface area contributed by atoms with E-state index in [-0.39, 0.29) is 11.6 Å². The Morgan fingerprint density at radius 3 is 2.64 bits per heavy atom. The number of pyridine rings is 3. The van der Waals surface area contributed by atoms with Crippen LogP contribution in [0.3, 0.4) is 0 Å². The SMILES string of the molecule is CCn1c(=O)c2cc(C)cc(C(C)Nc3ccc(Cl)nc3-c3cnn(C)c3)c2c2cnn(-c3ccccn3)c21. The van der Waals surface area contributed by atoms with Crippen molar-refractivity contribution in [3.05, 3.63) is 93.9 Å². The summed E-state index contributed by atoms with van der Waals surface area (Å²) in [5.41, 5.74) is 5.03. The van der Waals surface area contributed by atoms with Crippen LogP contribution >= 0.6 is 11.6 Å². The van der Waals surface area contributed by atoms with Gasteiger partial charge >= 0.3 is 0 Å². The monoisotopic (exact) mass is 538 g/mol. The average molecular weight is 539 g/mol. The topological polar surface area (TPSA) is 95.5 Å². The van der Waals surface area contributed by atoms with Crippen molar-refractivity contribution in [1.29, 1.82) is 0 Å². The summed E-state index contributed by atoms with van der Waals surface area (Å²) in [6, 6.07) is 13.2. The maximum absolute atomic E-state index is 13.9. The zero-order valence-corrected chi connectivity index (χ0v) is 22.8. The summed E-state index contributed by atoms with van der Waals surface area (Å²) in [6.07, 6.45) is 7.21. The van der Waals surface area contributed by atoms with Crippen LogP contribution in [-0.2, 0) is 13.6 Å². The Hall–Kier alpha value is -4.50. The molecule has 0 amide bonds. The Morgan fingerprint density at radius 2 is 1.92 bits per heavy atom. The highest BCUT2D eigenvalue weighted by Crippen LogP contribution is 2.35. The molecular formula is C29H27ClN8O. The lowest BCUT2D eigenvalue weighted by atomic mass is 9.95. The predicted octanol–water partition coefficient (Wildman–Crippen LogP) is 5.69. The van der Waals surface area contributed by atoms with Crippen molar-refractivity contribution in [2.45, 2.75) is 33.4 Å². The van der Waals surface area contributed by atoms with Gasteiger partial charge < -0.3 is 5.32 Å². The largest absolute Gasteiger partial charge is 0.377 e. The number of aromatic nitrogens is 7. The van der Waals surface area contributed by atoms with E-state index in [2.05, 4.69) is 38.5 Å². The second-order valence-corrected chi connectivity index (χ2v) is 9.99. The molecule has 5 aromatic heterocycles. The van der Waals surface area contributed by atoms with E-state index in [4.69, 9.17) is 11.6 Å².